The van der Waals surface area contributed by atoms with Crippen LogP contribution in [0.15, 0.2) is 35.3 Å². The molecule has 2 fully saturated rings. The zero-order valence-electron chi connectivity index (χ0n) is 16.9. The third-order valence-electron chi connectivity index (χ3n) is 4.47. The number of benzene rings is 1. The average molecular weight is 436 g/mol. The van der Waals surface area contributed by atoms with Gasteiger partial charge in [0.2, 0.25) is 0 Å². The number of aliphatic imine (C=N–C) groups is 1. The lowest BCUT2D eigenvalue weighted by atomic mass is 9.97. The van der Waals surface area contributed by atoms with Crippen LogP contribution in [-0.4, -0.2) is 59.5 Å². The van der Waals surface area contributed by atoms with Gasteiger partial charge in [-0.15, -0.1) is 0 Å². The number of hydrogen-bond donors (Lipinski definition) is 1. The number of esters is 3. The fourth-order valence-corrected chi connectivity index (χ4v) is 4.40. The Hall–Kier alpha value is -2.59. The highest BCUT2D eigenvalue weighted by molar-refractivity contribution is 8.14. The van der Waals surface area contributed by atoms with Crippen LogP contribution < -0.4 is 5.32 Å². The van der Waals surface area contributed by atoms with Gasteiger partial charge in [0.1, 0.15) is 24.2 Å². The molecule has 0 amide bonds. The second kappa shape index (κ2) is 9.94. The van der Waals surface area contributed by atoms with E-state index < -0.39 is 47.7 Å². The fourth-order valence-electron chi connectivity index (χ4n) is 3.27. The molecule has 9 nitrogen and oxygen atoms in total. The lowest BCUT2D eigenvalue weighted by molar-refractivity contribution is -0.209. The number of nitrogens with one attached hydrogen (secondary N) is 1. The van der Waals surface area contributed by atoms with Crippen LogP contribution in [0.3, 0.4) is 0 Å². The molecule has 1 N–H and O–H groups in total. The predicted molar refractivity (Wildman–Crippen MR) is 108 cm³/mol. The third-order valence-corrected chi connectivity index (χ3v) is 5.57. The molecule has 0 saturated carbocycles. The molecule has 2 unspecified atom stereocenters. The lowest BCUT2D eigenvalue weighted by Crippen LogP contribution is -2.62. The van der Waals surface area contributed by atoms with Gasteiger partial charge in [0.15, 0.2) is 17.4 Å². The van der Waals surface area contributed by atoms with Crippen molar-refractivity contribution in [1.82, 2.24) is 5.32 Å². The van der Waals surface area contributed by atoms with Crippen LogP contribution >= 0.6 is 11.8 Å². The molecule has 1 aromatic rings. The average Bonchev–Trinajstić information content (AvgIpc) is 3.09. The number of carbonyl (C=O) groups excluding carboxylic acids is 3. The van der Waals surface area contributed by atoms with Gasteiger partial charge in [-0.05, 0) is 5.56 Å². The highest BCUT2D eigenvalue weighted by atomic mass is 32.2. The Bertz CT molecular complexity index is 817. The summed E-state index contributed by atoms with van der Waals surface area (Å²) in [4.78, 5) is 39.2. The van der Waals surface area contributed by atoms with E-state index in [1.165, 1.54) is 32.5 Å². The predicted octanol–water partition coefficient (Wildman–Crippen LogP) is 1.40. The minimum Gasteiger partial charge on any atom is -0.463 e. The molecule has 0 spiro atoms. The summed E-state index contributed by atoms with van der Waals surface area (Å²) >= 11 is 1.35. The van der Waals surface area contributed by atoms with Crippen molar-refractivity contribution in [2.45, 2.75) is 57.1 Å². The first-order chi connectivity index (χ1) is 14.3. The summed E-state index contributed by atoms with van der Waals surface area (Å²) in [6, 6.07) is 9.28. The molecule has 10 heteroatoms. The van der Waals surface area contributed by atoms with Crippen LogP contribution in [0, 0.1) is 0 Å². The SMILES string of the molecule is CC(=O)OC[C@H]1OC2SC(=NCc3ccccc3)NC2[C@@H](OC(C)=O)[C@@H]1OC(C)=O. The maximum atomic E-state index is 11.7. The monoisotopic (exact) mass is 436 g/mol. The van der Waals surface area contributed by atoms with Crippen molar-refractivity contribution < 1.29 is 33.3 Å². The highest BCUT2D eigenvalue weighted by Crippen LogP contribution is 2.36. The van der Waals surface area contributed by atoms with E-state index in [4.69, 9.17) is 18.9 Å². The summed E-state index contributed by atoms with van der Waals surface area (Å²) in [5.74, 6) is -1.57. The van der Waals surface area contributed by atoms with Crippen molar-refractivity contribution >= 4 is 34.8 Å². The number of ether oxygens (including phenoxy) is 4. The molecule has 0 bridgehead atoms. The van der Waals surface area contributed by atoms with Crippen LogP contribution in [0.2, 0.25) is 0 Å². The number of hydrogen-bond acceptors (Lipinski definition) is 9. The Labute approximate surface area is 178 Å². The second-order valence-electron chi connectivity index (χ2n) is 6.89. The lowest BCUT2D eigenvalue weighted by Gasteiger charge is -2.41. The number of amidine groups is 1. The van der Waals surface area contributed by atoms with E-state index in [-0.39, 0.29) is 6.61 Å². The van der Waals surface area contributed by atoms with Crippen molar-refractivity contribution in [2.24, 2.45) is 4.99 Å². The first-order valence-electron chi connectivity index (χ1n) is 9.48. The fraction of sp³-hybridized carbons (Fsp3) is 0.500. The largest absolute Gasteiger partial charge is 0.463 e. The first kappa shape index (κ1) is 22.1. The minimum absolute atomic E-state index is 0.134. The van der Waals surface area contributed by atoms with E-state index in [1.54, 1.807) is 0 Å². The minimum atomic E-state index is -0.937. The summed E-state index contributed by atoms with van der Waals surface area (Å²) in [6.45, 7) is 4.14. The summed E-state index contributed by atoms with van der Waals surface area (Å²) in [5, 5.41) is 3.84. The maximum absolute atomic E-state index is 11.7. The Morgan fingerprint density at radius 3 is 2.33 bits per heavy atom. The summed E-state index contributed by atoms with van der Waals surface area (Å²) in [6.07, 6.45) is -2.55. The molecule has 2 heterocycles. The summed E-state index contributed by atoms with van der Waals surface area (Å²) < 4.78 is 22.0. The van der Waals surface area contributed by atoms with E-state index in [2.05, 4.69) is 10.3 Å². The van der Waals surface area contributed by atoms with Gasteiger partial charge >= 0.3 is 17.9 Å². The maximum Gasteiger partial charge on any atom is 0.303 e. The molecule has 1 aromatic carbocycles. The van der Waals surface area contributed by atoms with E-state index in [1.807, 2.05) is 30.3 Å². The number of fused-ring (bicyclic) bond motifs is 1. The zero-order chi connectivity index (χ0) is 21.7. The number of thioether (sulfide) groups is 1. The van der Waals surface area contributed by atoms with Crippen LogP contribution in [0.5, 0.6) is 0 Å². The van der Waals surface area contributed by atoms with Gasteiger partial charge in [-0.1, -0.05) is 42.1 Å². The van der Waals surface area contributed by atoms with E-state index in [0.717, 1.165) is 5.56 Å². The van der Waals surface area contributed by atoms with Crippen LogP contribution in [-0.2, 0) is 39.9 Å². The van der Waals surface area contributed by atoms with Crippen molar-refractivity contribution in [3.63, 3.8) is 0 Å². The van der Waals surface area contributed by atoms with Gasteiger partial charge in [0.25, 0.3) is 0 Å². The third kappa shape index (κ3) is 5.73. The van der Waals surface area contributed by atoms with Gasteiger partial charge in [-0.25, -0.2) is 0 Å². The van der Waals surface area contributed by atoms with Gasteiger partial charge in [0.05, 0.1) is 6.54 Å². The molecule has 0 aromatic heterocycles. The van der Waals surface area contributed by atoms with Crippen molar-refractivity contribution in [3.05, 3.63) is 35.9 Å². The molecule has 162 valence electrons. The van der Waals surface area contributed by atoms with Crippen molar-refractivity contribution in [1.29, 1.82) is 0 Å². The van der Waals surface area contributed by atoms with E-state index in [9.17, 15) is 14.4 Å². The van der Waals surface area contributed by atoms with Gasteiger partial charge in [-0.2, -0.15) is 0 Å². The zero-order valence-corrected chi connectivity index (χ0v) is 17.7. The van der Waals surface area contributed by atoms with Crippen molar-refractivity contribution in [2.75, 3.05) is 6.61 Å². The quantitative estimate of drug-likeness (QED) is 0.522. The molecular formula is C20H24N2O7S. The molecule has 3 rings (SSSR count). The summed E-state index contributed by atoms with van der Waals surface area (Å²) in [7, 11) is 0. The number of rotatable bonds is 6. The van der Waals surface area contributed by atoms with Crippen LogP contribution in [0.4, 0.5) is 0 Å². The highest BCUT2D eigenvalue weighted by Gasteiger charge is 2.53. The number of carbonyl (C=O) groups is 3. The topological polar surface area (TPSA) is 113 Å². The van der Waals surface area contributed by atoms with Crippen molar-refractivity contribution in [3.8, 4) is 0 Å². The Kier molecular flexibility index (Phi) is 7.33. The Morgan fingerprint density at radius 2 is 1.70 bits per heavy atom. The first-order valence-corrected chi connectivity index (χ1v) is 10.4. The molecule has 30 heavy (non-hydrogen) atoms. The van der Waals surface area contributed by atoms with Gasteiger partial charge < -0.3 is 24.3 Å². The molecule has 2 aliphatic heterocycles. The molecular weight excluding hydrogens is 412 g/mol. The van der Waals surface area contributed by atoms with E-state index >= 15 is 0 Å². The molecule has 0 radical (unpaired) electrons. The molecule has 5 atom stereocenters. The Balaban J connectivity index is 1.80. The standard InChI is InChI=1S/C20H24N2O7S/c1-11(23)26-10-15-17(27-12(2)24)18(28-13(3)25)16-19(29-15)30-20(22-16)21-9-14-7-5-4-6-8-14/h4-8,15-19H,9-10H2,1-3H3,(H,21,22)/t15-,16?,17-,18-,19?/m1/s1. The normalized spacial score (nSPS) is 28.9. The smallest absolute Gasteiger partial charge is 0.303 e. The van der Waals surface area contributed by atoms with E-state index in [0.29, 0.717) is 11.7 Å². The molecule has 2 saturated heterocycles. The van der Waals surface area contributed by atoms with Crippen LogP contribution in [0.25, 0.3) is 0 Å². The Morgan fingerprint density at radius 1 is 1.03 bits per heavy atom. The second-order valence-corrected chi connectivity index (χ2v) is 7.98. The molecule has 2 aliphatic rings. The van der Waals surface area contributed by atoms with Gasteiger partial charge in [-0.3, -0.25) is 19.4 Å². The van der Waals surface area contributed by atoms with Gasteiger partial charge in [0, 0.05) is 20.8 Å². The number of nitrogens with zero attached hydrogens (tertiary/aromatic N) is 1. The van der Waals surface area contributed by atoms with Crippen LogP contribution in [0.1, 0.15) is 26.3 Å². The summed E-state index contributed by atoms with van der Waals surface area (Å²) in [5.41, 5.74) is 0.585. The molecule has 0 aliphatic carbocycles.